The largest absolute Gasteiger partial charge is 0.276 e. The lowest BCUT2D eigenvalue weighted by atomic mass is 10.1. The number of aromatic amines is 1. The zero-order valence-electron chi connectivity index (χ0n) is 11.0. The molecule has 2 heterocycles. The molecule has 0 spiro atoms. The average Bonchev–Trinajstić information content (AvgIpc) is 3.18. The molecule has 4 rings (SSSR count). The fourth-order valence-corrected chi connectivity index (χ4v) is 2.71. The van der Waals surface area contributed by atoms with Crippen molar-refractivity contribution in [2.24, 2.45) is 0 Å². The standard InChI is InChI=1S/C16H11ClN4/c17-15-14(7-6-11-8-18-20-16(11)15)12-9-19-21(10-12)13-4-2-1-3-5-13/h1-10H,(H,18,20). The smallest absolute Gasteiger partial charge is 0.0842 e. The quantitative estimate of drug-likeness (QED) is 0.606. The summed E-state index contributed by atoms with van der Waals surface area (Å²) < 4.78 is 1.84. The first kappa shape index (κ1) is 12.2. The number of para-hydroxylation sites is 1. The van der Waals surface area contributed by atoms with E-state index in [1.54, 1.807) is 6.20 Å². The van der Waals surface area contributed by atoms with Crippen molar-refractivity contribution in [2.45, 2.75) is 0 Å². The summed E-state index contributed by atoms with van der Waals surface area (Å²) in [6, 6.07) is 14.0. The van der Waals surface area contributed by atoms with Crippen LogP contribution >= 0.6 is 11.6 Å². The van der Waals surface area contributed by atoms with Crippen LogP contribution in [0.2, 0.25) is 5.02 Å². The van der Waals surface area contributed by atoms with Crippen LogP contribution in [0, 0.1) is 0 Å². The van der Waals surface area contributed by atoms with Gasteiger partial charge in [0.25, 0.3) is 0 Å². The highest BCUT2D eigenvalue weighted by Crippen LogP contribution is 2.33. The predicted octanol–water partition coefficient (Wildman–Crippen LogP) is 4.07. The van der Waals surface area contributed by atoms with Crippen molar-refractivity contribution in [1.29, 1.82) is 0 Å². The van der Waals surface area contributed by atoms with Gasteiger partial charge in [0.2, 0.25) is 0 Å². The monoisotopic (exact) mass is 294 g/mol. The topological polar surface area (TPSA) is 46.5 Å². The molecule has 0 atom stereocenters. The Kier molecular flexibility index (Phi) is 2.75. The van der Waals surface area contributed by atoms with Crippen molar-refractivity contribution in [3.8, 4) is 16.8 Å². The molecule has 0 radical (unpaired) electrons. The zero-order valence-corrected chi connectivity index (χ0v) is 11.7. The van der Waals surface area contributed by atoms with Crippen LogP contribution in [0.5, 0.6) is 0 Å². The van der Waals surface area contributed by atoms with Gasteiger partial charge in [-0.25, -0.2) is 4.68 Å². The summed E-state index contributed by atoms with van der Waals surface area (Å²) in [7, 11) is 0. The van der Waals surface area contributed by atoms with Crippen molar-refractivity contribution in [3.05, 3.63) is 66.1 Å². The lowest BCUT2D eigenvalue weighted by Crippen LogP contribution is -1.92. The zero-order chi connectivity index (χ0) is 14.2. The van der Waals surface area contributed by atoms with E-state index in [1.807, 2.05) is 59.5 Å². The molecule has 0 aliphatic heterocycles. The van der Waals surface area contributed by atoms with E-state index < -0.39 is 0 Å². The maximum atomic E-state index is 6.46. The second kappa shape index (κ2) is 4.75. The molecule has 21 heavy (non-hydrogen) atoms. The first-order chi connectivity index (χ1) is 10.3. The van der Waals surface area contributed by atoms with Crippen molar-refractivity contribution < 1.29 is 0 Å². The lowest BCUT2D eigenvalue weighted by molar-refractivity contribution is 0.881. The van der Waals surface area contributed by atoms with Crippen LogP contribution < -0.4 is 0 Å². The summed E-state index contributed by atoms with van der Waals surface area (Å²) in [4.78, 5) is 0. The number of halogens is 1. The second-order valence-electron chi connectivity index (χ2n) is 4.77. The third-order valence-electron chi connectivity index (χ3n) is 3.47. The SMILES string of the molecule is Clc1c(-c2cnn(-c3ccccc3)c2)ccc2cn[nH]c12. The van der Waals surface area contributed by atoms with Crippen LogP contribution in [0.1, 0.15) is 0 Å². The Hall–Kier alpha value is -2.59. The van der Waals surface area contributed by atoms with Crippen molar-refractivity contribution in [3.63, 3.8) is 0 Å². The fraction of sp³-hybridized carbons (Fsp3) is 0. The second-order valence-corrected chi connectivity index (χ2v) is 5.15. The molecular formula is C16H11ClN4. The molecule has 0 aliphatic carbocycles. The molecule has 0 amide bonds. The van der Waals surface area contributed by atoms with Gasteiger partial charge in [0.15, 0.2) is 0 Å². The van der Waals surface area contributed by atoms with E-state index in [0.29, 0.717) is 5.02 Å². The van der Waals surface area contributed by atoms with Crippen molar-refractivity contribution in [2.75, 3.05) is 0 Å². The average molecular weight is 295 g/mol. The summed E-state index contributed by atoms with van der Waals surface area (Å²) in [6.45, 7) is 0. The molecule has 0 bridgehead atoms. The number of nitrogens with zero attached hydrogens (tertiary/aromatic N) is 3. The molecule has 2 aromatic heterocycles. The molecule has 1 N–H and O–H groups in total. The Morgan fingerprint density at radius 1 is 1.00 bits per heavy atom. The summed E-state index contributed by atoms with van der Waals surface area (Å²) in [5.41, 5.74) is 3.78. The van der Waals surface area contributed by atoms with Gasteiger partial charge in [0, 0.05) is 22.7 Å². The highest BCUT2D eigenvalue weighted by atomic mass is 35.5. The Balaban J connectivity index is 1.83. The third-order valence-corrected chi connectivity index (χ3v) is 3.86. The number of fused-ring (bicyclic) bond motifs is 1. The first-order valence-electron chi connectivity index (χ1n) is 6.55. The number of aromatic nitrogens is 4. The number of rotatable bonds is 2. The van der Waals surface area contributed by atoms with E-state index in [9.17, 15) is 0 Å². The summed E-state index contributed by atoms with van der Waals surface area (Å²) >= 11 is 6.46. The molecule has 0 saturated carbocycles. The van der Waals surface area contributed by atoms with Crippen LogP contribution in [0.3, 0.4) is 0 Å². The van der Waals surface area contributed by atoms with Gasteiger partial charge in [-0.15, -0.1) is 0 Å². The normalized spacial score (nSPS) is 11.1. The number of hydrogen-bond acceptors (Lipinski definition) is 2. The molecular weight excluding hydrogens is 284 g/mol. The Morgan fingerprint density at radius 3 is 2.71 bits per heavy atom. The van der Waals surface area contributed by atoms with Gasteiger partial charge < -0.3 is 0 Å². The van der Waals surface area contributed by atoms with Gasteiger partial charge in [-0.05, 0) is 12.1 Å². The van der Waals surface area contributed by atoms with E-state index in [0.717, 1.165) is 27.7 Å². The van der Waals surface area contributed by atoms with Crippen LogP contribution in [0.15, 0.2) is 61.1 Å². The number of benzene rings is 2. The first-order valence-corrected chi connectivity index (χ1v) is 6.93. The summed E-state index contributed by atoms with van der Waals surface area (Å²) in [6.07, 6.45) is 5.55. The molecule has 0 fully saturated rings. The minimum atomic E-state index is 0.664. The van der Waals surface area contributed by atoms with Crippen molar-refractivity contribution >= 4 is 22.5 Å². The molecule has 2 aromatic carbocycles. The molecule has 4 aromatic rings. The van der Waals surface area contributed by atoms with E-state index >= 15 is 0 Å². The highest BCUT2D eigenvalue weighted by molar-refractivity contribution is 6.37. The lowest BCUT2D eigenvalue weighted by Gasteiger charge is -2.02. The fourth-order valence-electron chi connectivity index (χ4n) is 2.39. The molecule has 5 heteroatoms. The van der Waals surface area contributed by atoms with Gasteiger partial charge in [-0.1, -0.05) is 41.9 Å². The Morgan fingerprint density at radius 2 is 1.86 bits per heavy atom. The van der Waals surface area contributed by atoms with Gasteiger partial charge in [-0.2, -0.15) is 10.2 Å². The third kappa shape index (κ3) is 2.00. The Labute approximate surface area is 126 Å². The van der Waals surface area contributed by atoms with Crippen LogP contribution in [-0.2, 0) is 0 Å². The van der Waals surface area contributed by atoms with E-state index in [2.05, 4.69) is 15.3 Å². The summed E-state index contributed by atoms with van der Waals surface area (Å²) in [5.74, 6) is 0. The maximum Gasteiger partial charge on any atom is 0.0842 e. The Bertz CT molecular complexity index is 908. The summed E-state index contributed by atoms with van der Waals surface area (Å²) in [5, 5.41) is 13.0. The molecule has 102 valence electrons. The van der Waals surface area contributed by atoms with E-state index in [-0.39, 0.29) is 0 Å². The molecule has 0 saturated heterocycles. The number of H-pyrrole nitrogens is 1. The highest BCUT2D eigenvalue weighted by Gasteiger charge is 2.11. The van der Waals surface area contributed by atoms with Crippen molar-refractivity contribution in [1.82, 2.24) is 20.0 Å². The van der Waals surface area contributed by atoms with Gasteiger partial charge in [0.05, 0.1) is 28.6 Å². The van der Waals surface area contributed by atoms with Gasteiger partial charge in [0.1, 0.15) is 0 Å². The van der Waals surface area contributed by atoms with Crippen LogP contribution in [-0.4, -0.2) is 20.0 Å². The number of hydrogen-bond donors (Lipinski definition) is 1. The van der Waals surface area contributed by atoms with E-state index in [4.69, 9.17) is 11.6 Å². The molecule has 0 aliphatic rings. The van der Waals surface area contributed by atoms with Gasteiger partial charge in [-0.3, -0.25) is 5.10 Å². The molecule has 0 unspecified atom stereocenters. The molecule has 4 nitrogen and oxygen atoms in total. The minimum absolute atomic E-state index is 0.664. The number of nitrogens with one attached hydrogen (secondary N) is 1. The van der Waals surface area contributed by atoms with Gasteiger partial charge >= 0.3 is 0 Å². The minimum Gasteiger partial charge on any atom is -0.276 e. The van der Waals surface area contributed by atoms with Crippen LogP contribution in [0.25, 0.3) is 27.7 Å². The predicted molar refractivity (Wildman–Crippen MR) is 83.7 cm³/mol. The maximum absolute atomic E-state index is 6.46. The van der Waals surface area contributed by atoms with Crippen LogP contribution in [0.4, 0.5) is 0 Å². The van der Waals surface area contributed by atoms with E-state index in [1.165, 1.54) is 0 Å².